The molecule has 0 aliphatic heterocycles. The van der Waals surface area contributed by atoms with E-state index in [1.54, 1.807) is 12.4 Å². The number of anilines is 1. The molecule has 0 unspecified atom stereocenters. The highest BCUT2D eigenvalue weighted by atomic mass is 79.9. The van der Waals surface area contributed by atoms with Crippen molar-refractivity contribution >= 4 is 27.5 Å². The second-order valence-corrected chi connectivity index (χ2v) is 4.42. The third-order valence-electron chi connectivity index (χ3n) is 2.22. The SMILES string of the molecule is CCCCN(CC(N)=O)c1ccncc1Br. The van der Waals surface area contributed by atoms with E-state index in [2.05, 4.69) is 27.8 Å². The zero-order chi connectivity index (χ0) is 12.0. The highest BCUT2D eigenvalue weighted by molar-refractivity contribution is 9.10. The summed E-state index contributed by atoms with van der Waals surface area (Å²) in [5, 5.41) is 0. The highest BCUT2D eigenvalue weighted by Gasteiger charge is 2.11. The van der Waals surface area contributed by atoms with Crippen molar-refractivity contribution in [3.8, 4) is 0 Å². The van der Waals surface area contributed by atoms with Gasteiger partial charge in [0.2, 0.25) is 5.91 Å². The number of primary amides is 1. The first kappa shape index (κ1) is 13.0. The minimum atomic E-state index is -0.320. The molecule has 0 aliphatic carbocycles. The molecular weight excluding hydrogens is 270 g/mol. The molecule has 16 heavy (non-hydrogen) atoms. The van der Waals surface area contributed by atoms with Gasteiger partial charge in [0.1, 0.15) is 0 Å². The monoisotopic (exact) mass is 285 g/mol. The van der Waals surface area contributed by atoms with Crippen LogP contribution in [0.15, 0.2) is 22.9 Å². The highest BCUT2D eigenvalue weighted by Crippen LogP contribution is 2.24. The molecule has 0 spiro atoms. The zero-order valence-corrected chi connectivity index (χ0v) is 10.9. The van der Waals surface area contributed by atoms with Crippen LogP contribution in [0.2, 0.25) is 0 Å². The summed E-state index contributed by atoms with van der Waals surface area (Å²) >= 11 is 3.42. The molecule has 1 aromatic rings. The Hall–Kier alpha value is -1.10. The Bertz CT molecular complexity index is 357. The van der Waals surface area contributed by atoms with Gasteiger partial charge in [0, 0.05) is 18.9 Å². The van der Waals surface area contributed by atoms with E-state index < -0.39 is 0 Å². The third kappa shape index (κ3) is 3.81. The fourth-order valence-electron chi connectivity index (χ4n) is 1.45. The largest absolute Gasteiger partial charge is 0.368 e. The van der Waals surface area contributed by atoms with E-state index in [0.717, 1.165) is 29.5 Å². The van der Waals surface area contributed by atoms with E-state index in [1.807, 2.05) is 11.0 Å². The summed E-state index contributed by atoms with van der Waals surface area (Å²) < 4.78 is 0.882. The molecule has 0 saturated carbocycles. The summed E-state index contributed by atoms with van der Waals surface area (Å²) in [6.45, 7) is 3.18. The second-order valence-electron chi connectivity index (χ2n) is 3.57. The van der Waals surface area contributed by atoms with Crippen LogP contribution in [0.3, 0.4) is 0 Å². The molecule has 0 saturated heterocycles. The van der Waals surface area contributed by atoms with Crippen LogP contribution in [0.5, 0.6) is 0 Å². The number of unbranched alkanes of at least 4 members (excludes halogenated alkanes) is 1. The van der Waals surface area contributed by atoms with E-state index in [1.165, 1.54) is 0 Å². The molecule has 1 rings (SSSR count). The van der Waals surface area contributed by atoms with Crippen LogP contribution in [0.1, 0.15) is 19.8 Å². The predicted molar refractivity (Wildman–Crippen MR) is 68.3 cm³/mol. The Labute approximate surface area is 104 Å². The molecule has 0 fully saturated rings. The van der Waals surface area contributed by atoms with Crippen molar-refractivity contribution < 1.29 is 4.79 Å². The van der Waals surface area contributed by atoms with Crippen molar-refractivity contribution in [3.63, 3.8) is 0 Å². The van der Waals surface area contributed by atoms with Gasteiger partial charge in [-0.05, 0) is 28.4 Å². The van der Waals surface area contributed by atoms with Crippen LogP contribution in [-0.4, -0.2) is 24.0 Å². The van der Waals surface area contributed by atoms with Crippen molar-refractivity contribution in [1.29, 1.82) is 0 Å². The molecule has 0 atom stereocenters. The number of amides is 1. The molecule has 0 radical (unpaired) electrons. The lowest BCUT2D eigenvalue weighted by atomic mass is 10.2. The molecule has 88 valence electrons. The number of aromatic nitrogens is 1. The Kier molecular flexibility index (Phi) is 5.25. The smallest absolute Gasteiger partial charge is 0.236 e. The number of carbonyl (C=O) groups excluding carboxylic acids is 1. The zero-order valence-electron chi connectivity index (χ0n) is 9.32. The number of rotatable bonds is 6. The van der Waals surface area contributed by atoms with Crippen LogP contribution < -0.4 is 10.6 Å². The van der Waals surface area contributed by atoms with Gasteiger partial charge < -0.3 is 10.6 Å². The lowest BCUT2D eigenvalue weighted by Crippen LogP contribution is -2.34. The molecule has 0 aliphatic rings. The van der Waals surface area contributed by atoms with Gasteiger partial charge in [-0.25, -0.2) is 0 Å². The number of nitrogens with two attached hydrogens (primary N) is 1. The lowest BCUT2D eigenvalue weighted by Gasteiger charge is -2.23. The second kappa shape index (κ2) is 6.48. The van der Waals surface area contributed by atoms with Gasteiger partial charge >= 0.3 is 0 Å². The molecule has 1 heterocycles. The van der Waals surface area contributed by atoms with Gasteiger partial charge in [-0.15, -0.1) is 0 Å². The minimum Gasteiger partial charge on any atom is -0.368 e. The number of nitrogens with zero attached hydrogens (tertiary/aromatic N) is 2. The Morgan fingerprint density at radius 1 is 1.62 bits per heavy atom. The summed E-state index contributed by atoms with van der Waals surface area (Å²) in [4.78, 5) is 17.0. The van der Waals surface area contributed by atoms with Crippen LogP contribution in [0, 0.1) is 0 Å². The topological polar surface area (TPSA) is 59.2 Å². The van der Waals surface area contributed by atoms with Gasteiger partial charge in [-0.3, -0.25) is 9.78 Å². The maximum Gasteiger partial charge on any atom is 0.236 e. The molecule has 1 aromatic heterocycles. The van der Waals surface area contributed by atoms with E-state index >= 15 is 0 Å². The molecule has 4 nitrogen and oxygen atoms in total. The number of carbonyl (C=O) groups is 1. The van der Waals surface area contributed by atoms with Crippen molar-refractivity contribution in [2.75, 3.05) is 18.0 Å². The lowest BCUT2D eigenvalue weighted by molar-refractivity contribution is -0.116. The van der Waals surface area contributed by atoms with E-state index in [4.69, 9.17) is 5.73 Å². The predicted octanol–water partition coefficient (Wildman–Crippen LogP) is 1.94. The molecule has 5 heteroatoms. The van der Waals surface area contributed by atoms with Crippen molar-refractivity contribution in [2.45, 2.75) is 19.8 Å². The van der Waals surface area contributed by atoms with E-state index in [-0.39, 0.29) is 12.5 Å². The fraction of sp³-hybridized carbons (Fsp3) is 0.455. The van der Waals surface area contributed by atoms with E-state index in [0.29, 0.717) is 0 Å². The van der Waals surface area contributed by atoms with Crippen LogP contribution >= 0.6 is 15.9 Å². The molecule has 0 aromatic carbocycles. The van der Waals surface area contributed by atoms with Gasteiger partial charge in [0.05, 0.1) is 16.7 Å². The number of hydrogen-bond donors (Lipinski definition) is 1. The van der Waals surface area contributed by atoms with Crippen LogP contribution in [0.4, 0.5) is 5.69 Å². The van der Waals surface area contributed by atoms with Crippen molar-refractivity contribution in [3.05, 3.63) is 22.9 Å². The Balaban J connectivity index is 2.82. The summed E-state index contributed by atoms with van der Waals surface area (Å²) in [5.74, 6) is -0.320. The van der Waals surface area contributed by atoms with Gasteiger partial charge in [0.25, 0.3) is 0 Å². The number of hydrogen-bond acceptors (Lipinski definition) is 3. The molecule has 1 amide bonds. The minimum absolute atomic E-state index is 0.239. The summed E-state index contributed by atoms with van der Waals surface area (Å²) in [6.07, 6.45) is 5.54. The average Bonchev–Trinajstić information content (AvgIpc) is 2.24. The normalized spacial score (nSPS) is 10.1. The molecule has 2 N–H and O–H groups in total. The van der Waals surface area contributed by atoms with E-state index in [9.17, 15) is 4.79 Å². The van der Waals surface area contributed by atoms with Crippen LogP contribution in [0.25, 0.3) is 0 Å². The van der Waals surface area contributed by atoms with Gasteiger partial charge in [0.15, 0.2) is 0 Å². The average molecular weight is 286 g/mol. The molecule has 0 bridgehead atoms. The van der Waals surface area contributed by atoms with Crippen molar-refractivity contribution in [1.82, 2.24) is 4.98 Å². The quantitative estimate of drug-likeness (QED) is 0.869. The molecular formula is C11H16BrN3O. The first-order valence-electron chi connectivity index (χ1n) is 5.28. The maximum atomic E-state index is 11.0. The summed E-state index contributed by atoms with van der Waals surface area (Å²) in [7, 11) is 0. The third-order valence-corrected chi connectivity index (χ3v) is 2.83. The first-order valence-corrected chi connectivity index (χ1v) is 6.07. The first-order chi connectivity index (χ1) is 7.65. The Morgan fingerprint density at radius 2 is 2.38 bits per heavy atom. The van der Waals surface area contributed by atoms with Gasteiger partial charge in [-0.2, -0.15) is 0 Å². The van der Waals surface area contributed by atoms with Crippen LogP contribution in [-0.2, 0) is 4.79 Å². The fourth-order valence-corrected chi connectivity index (χ4v) is 1.95. The summed E-state index contributed by atoms with van der Waals surface area (Å²) in [5.41, 5.74) is 6.20. The summed E-state index contributed by atoms with van der Waals surface area (Å²) in [6, 6.07) is 1.88. The Morgan fingerprint density at radius 3 is 2.94 bits per heavy atom. The standard InChI is InChI=1S/C11H16BrN3O/c1-2-3-6-15(8-11(13)16)10-4-5-14-7-9(10)12/h4-5,7H,2-3,6,8H2,1H3,(H2,13,16). The number of halogens is 1. The maximum absolute atomic E-state index is 11.0. The van der Waals surface area contributed by atoms with Crippen molar-refractivity contribution in [2.24, 2.45) is 5.73 Å². The van der Waals surface area contributed by atoms with Gasteiger partial charge in [-0.1, -0.05) is 13.3 Å². The number of pyridine rings is 1.